The number of nitrogens with one attached hydrogen (secondary N) is 1. The van der Waals surface area contributed by atoms with Crippen LogP contribution in [-0.4, -0.2) is 43.8 Å². The summed E-state index contributed by atoms with van der Waals surface area (Å²) in [6, 6.07) is 0. The number of rotatable bonds is 7. The second-order valence-corrected chi connectivity index (χ2v) is 5.51. The van der Waals surface area contributed by atoms with Crippen molar-refractivity contribution in [3.63, 3.8) is 0 Å². The Labute approximate surface area is 110 Å². The fourth-order valence-electron chi connectivity index (χ4n) is 3.22. The molecule has 1 unspecified atom stereocenters. The van der Waals surface area contributed by atoms with Gasteiger partial charge in [-0.3, -0.25) is 10.1 Å². The number of hydrogen-bond acceptors (Lipinski definition) is 3. The lowest BCUT2D eigenvalue weighted by molar-refractivity contribution is -0.128. The lowest BCUT2D eigenvalue weighted by Gasteiger charge is -2.29. The summed E-state index contributed by atoms with van der Waals surface area (Å²) in [5, 5.41) is 3.40. The smallest absolute Gasteiger partial charge is 0.237 e. The average molecular weight is 254 g/mol. The molecule has 1 saturated heterocycles. The fraction of sp³-hybridized carbons (Fsp3) is 0.929. The number of amides is 1. The third-order valence-corrected chi connectivity index (χ3v) is 4.21. The first kappa shape index (κ1) is 13.8. The first-order chi connectivity index (χ1) is 8.83. The van der Waals surface area contributed by atoms with Gasteiger partial charge in [-0.15, -0.1) is 0 Å². The summed E-state index contributed by atoms with van der Waals surface area (Å²) < 4.78 is 5.04. The first-order valence-electron chi connectivity index (χ1n) is 7.34. The van der Waals surface area contributed by atoms with Gasteiger partial charge in [0.15, 0.2) is 0 Å². The molecule has 1 heterocycles. The van der Waals surface area contributed by atoms with Crippen LogP contribution in [0.25, 0.3) is 0 Å². The Bertz CT molecular complexity index is 265. The second kappa shape index (κ2) is 7.10. The van der Waals surface area contributed by atoms with E-state index in [1.54, 1.807) is 7.11 Å². The summed E-state index contributed by atoms with van der Waals surface area (Å²) in [5.74, 6) is 0.981. The lowest BCUT2D eigenvalue weighted by atomic mass is 10.0. The Kier molecular flexibility index (Phi) is 5.45. The maximum atomic E-state index is 11.9. The number of carbonyl (C=O) groups excluding carboxylic acids is 1. The molecule has 1 atom stereocenters. The van der Waals surface area contributed by atoms with Gasteiger partial charge in [0.05, 0.1) is 12.7 Å². The molecular weight excluding hydrogens is 228 g/mol. The highest BCUT2D eigenvalue weighted by atomic mass is 16.5. The van der Waals surface area contributed by atoms with E-state index in [0.717, 1.165) is 32.4 Å². The third kappa shape index (κ3) is 3.45. The molecule has 1 saturated carbocycles. The van der Waals surface area contributed by atoms with E-state index in [1.165, 1.54) is 25.7 Å². The van der Waals surface area contributed by atoms with E-state index in [4.69, 9.17) is 4.74 Å². The van der Waals surface area contributed by atoms with E-state index in [9.17, 15) is 4.79 Å². The molecule has 18 heavy (non-hydrogen) atoms. The molecule has 2 fully saturated rings. The standard InChI is InChI=1S/C14H26N2O2/c1-18-10-6-2-5-9-16-13(17)11-15-14(16)12-7-3-4-8-12/h12,14-15H,2-11H2,1H3. The fourth-order valence-corrected chi connectivity index (χ4v) is 3.22. The van der Waals surface area contributed by atoms with Gasteiger partial charge in [-0.25, -0.2) is 0 Å². The largest absolute Gasteiger partial charge is 0.385 e. The monoisotopic (exact) mass is 254 g/mol. The molecular formula is C14H26N2O2. The van der Waals surface area contributed by atoms with E-state index < -0.39 is 0 Å². The highest BCUT2D eigenvalue weighted by Gasteiger charge is 2.36. The molecule has 0 aromatic heterocycles. The zero-order valence-corrected chi connectivity index (χ0v) is 11.5. The summed E-state index contributed by atoms with van der Waals surface area (Å²) in [6.45, 7) is 2.29. The summed E-state index contributed by atoms with van der Waals surface area (Å²) in [7, 11) is 1.74. The molecule has 0 bridgehead atoms. The van der Waals surface area contributed by atoms with E-state index in [2.05, 4.69) is 10.2 Å². The maximum Gasteiger partial charge on any atom is 0.237 e. The van der Waals surface area contributed by atoms with Gasteiger partial charge in [0.1, 0.15) is 0 Å². The van der Waals surface area contributed by atoms with Crippen molar-refractivity contribution in [2.45, 2.75) is 51.1 Å². The van der Waals surface area contributed by atoms with Gasteiger partial charge in [-0.05, 0) is 38.0 Å². The highest BCUT2D eigenvalue weighted by Crippen LogP contribution is 2.30. The zero-order valence-electron chi connectivity index (χ0n) is 11.5. The van der Waals surface area contributed by atoms with Crippen LogP contribution < -0.4 is 5.32 Å². The van der Waals surface area contributed by atoms with E-state index in [1.807, 2.05) is 0 Å². The third-order valence-electron chi connectivity index (χ3n) is 4.21. The van der Waals surface area contributed by atoms with Crippen molar-refractivity contribution in [3.8, 4) is 0 Å². The topological polar surface area (TPSA) is 41.6 Å². The van der Waals surface area contributed by atoms with Crippen molar-refractivity contribution in [1.29, 1.82) is 0 Å². The Hall–Kier alpha value is -0.610. The van der Waals surface area contributed by atoms with E-state index >= 15 is 0 Å². The van der Waals surface area contributed by atoms with Crippen molar-refractivity contribution in [3.05, 3.63) is 0 Å². The molecule has 0 radical (unpaired) electrons. The van der Waals surface area contributed by atoms with E-state index in [0.29, 0.717) is 24.5 Å². The molecule has 0 spiro atoms. The van der Waals surface area contributed by atoms with Crippen LogP contribution in [0.5, 0.6) is 0 Å². The number of nitrogens with zero attached hydrogens (tertiary/aromatic N) is 1. The zero-order chi connectivity index (χ0) is 12.8. The molecule has 2 rings (SSSR count). The van der Waals surface area contributed by atoms with Crippen LogP contribution >= 0.6 is 0 Å². The van der Waals surface area contributed by atoms with Crippen LogP contribution in [0.4, 0.5) is 0 Å². The minimum absolute atomic E-state index is 0.290. The van der Waals surface area contributed by atoms with Gasteiger partial charge in [0.2, 0.25) is 5.91 Å². The molecule has 1 aliphatic heterocycles. The summed E-state index contributed by atoms with van der Waals surface area (Å²) in [4.78, 5) is 14.0. The number of hydrogen-bond donors (Lipinski definition) is 1. The van der Waals surface area contributed by atoms with Crippen LogP contribution in [0.3, 0.4) is 0 Å². The molecule has 1 aliphatic carbocycles. The normalized spacial score (nSPS) is 25.3. The molecule has 1 amide bonds. The van der Waals surface area contributed by atoms with E-state index in [-0.39, 0.29) is 0 Å². The van der Waals surface area contributed by atoms with Crippen molar-refractivity contribution in [2.24, 2.45) is 5.92 Å². The summed E-state index contributed by atoms with van der Waals surface area (Å²) in [6.07, 6.45) is 8.89. The van der Waals surface area contributed by atoms with Crippen molar-refractivity contribution < 1.29 is 9.53 Å². The Morgan fingerprint density at radius 1 is 1.28 bits per heavy atom. The molecule has 104 valence electrons. The Morgan fingerprint density at radius 3 is 2.78 bits per heavy atom. The number of ether oxygens (including phenoxy) is 1. The maximum absolute atomic E-state index is 11.9. The van der Waals surface area contributed by atoms with Gasteiger partial charge in [0, 0.05) is 20.3 Å². The van der Waals surface area contributed by atoms with Crippen LogP contribution in [0.15, 0.2) is 0 Å². The Balaban J connectivity index is 1.74. The quantitative estimate of drug-likeness (QED) is 0.704. The van der Waals surface area contributed by atoms with Crippen LogP contribution in [0.2, 0.25) is 0 Å². The van der Waals surface area contributed by atoms with Gasteiger partial charge < -0.3 is 9.64 Å². The van der Waals surface area contributed by atoms with Gasteiger partial charge in [-0.1, -0.05) is 12.8 Å². The summed E-state index contributed by atoms with van der Waals surface area (Å²) >= 11 is 0. The average Bonchev–Trinajstić information content (AvgIpc) is 2.99. The van der Waals surface area contributed by atoms with Crippen molar-refractivity contribution in [1.82, 2.24) is 10.2 Å². The predicted octanol–water partition coefficient (Wildman–Crippen LogP) is 1.75. The molecule has 2 aliphatic rings. The molecule has 0 aromatic carbocycles. The van der Waals surface area contributed by atoms with Crippen molar-refractivity contribution in [2.75, 3.05) is 26.8 Å². The molecule has 0 aromatic rings. The van der Waals surface area contributed by atoms with Crippen LogP contribution in [0.1, 0.15) is 44.9 Å². The Morgan fingerprint density at radius 2 is 2.06 bits per heavy atom. The van der Waals surface area contributed by atoms with Gasteiger partial charge >= 0.3 is 0 Å². The van der Waals surface area contributed by atoms with Crippen LogP contribution in [0, 0.1) is 5.92 Å². The van der Waals surface area contributed by atoms with Gasteiger partial charge in [-0.2, -0.15) is 0 Å². The number of unbranched alkanes of at least 4 members (excludes halogenated alkanes) is 2. The van der Waals surface area contributed by atoms with Crippen molar-refractivity contribution >= 4 is 5.91 Å². The number of carbonyl (C=O) groups is 1. The minimum atomic E-state index is 0.290. The molecule has 4 heteroatoms. The molecule has 4 nitrogen and oxygen atoms in total. The SMILES string of the molecule is COCCCCCN1C(=O)CNC1C1CCCC1. The van der Waals surface area contributed by atoms with Gasteiger partial charge in [0.25, 0.3) is 0 Å². The minimum Gasteiger partial charge on any atom is -0.385 e. The summed E-state index contributed by atoms with van der Waals surface area (Å²) in [5.41, 5.74) is 0. The lowest BCUT2D eigenvalue weighted by Crippen LogP contribution is -2.42. The predicted molar refractivity (Wildman–Crippen MR) is 71.2 cm³/mol. The first-order valence-corrected chi connectivity index (χ1v) is 7.34. The van der Waals surface area contributed by atoms with Crippen LogP contribution in [-0.2, 0) is 9.53 Å². The number of methoxy groups -OCH3 is 1. The highest BCUT2D eigenvalue weighted by molar-refractivity contribution is 5.80. The molecule has 1 N–H and O–H groups in total. The second-order valence-electron chi connectivity index (χ2n) is 5.51.